The zero-order valence-corrected chi connectivity index (χ0v) is 11.1. The van der Waals surface area contributed by atoms with E-state index < -0.39 is 11.7 Å². The molecule has 0 aliphatic carbocycles. The predicted molar refractivity (Wildman–Crippen MR) is 70.7 cm³/mol. The van der Waals surface area contributed by atoms with Gasteiger partial charge in [0.1, 0.15) is 5.58 Å². The molecule has 1 fully saturated rings. The normalized spacial score (nSPS) is 24.2. The van der Waals surface area contributed by atoms with Gasteiger partial charge in [-0.25, -0.2) is 0 Å². The minimum Gasteiger partial charge on any atom is -0.464 e. The van der Waals surface area contributed by atoms with Crippen molar-refractivity contribution < 1.29 is 17.6 Å². The highest BCUT2D eigenvalue weighted by molar-refractivity contribution is 5.85. The molecule has 2 heterocycles. The van der Waals surface area contributed by atoms with Gasteiger partial charge in [-0.15, -0.1) is 0 Å². The largest absolute Gasteiger partial charge is 0.464 e. The lowest BCUT2D eigenvalue weighted by Crippen LogP contribution is -2.34. The number of piperidine rings is 1. The van der Waals surface area contributed by atoms with E-state index in [1.807, 2.05) is 0 Å². The molecular formula is C15H16F3NO. The fourth-order valence-corrected chi connectivity index (χ4v) is 3.07. The van der Waals surface area contributed by atoms with E-state index in [0.29, 0.717) is 11.6 Å². The zero-order chi connectivity index (χ0) is 14.3. The van der Waals surface area contributed by atoms with Crippen molar-refractivity contribution in [2.75, 3.05) is 6.54 Å². The van der Waals surface area contributed by atoms with Gasteiger partial charge >= 0.3 is 6.18 Å². The lowest BCUT2D eigenvalue weighted by molar-refractivity contribution is -0.136. The first-order valence-corrected chi connectivity index (χ1v) is 6.77. The first-order valence-electron chi connectivity index (χ1n) is 6.77. The van der Waals surface area contributed by atoms with Crippen LogP contribution in [0.1, 0.15) is 36.8 Å². The summed E-state index contributed by atoms with van der Waals surface area (Å²) in [6, 6.07) is 4.55. The van der Waals surface area contributed by atoms with E-state index in [1.165, 1.54) is 18.4 Å². The van der Waals surface area contributed by atoms with Crippen molar-refractivity contribution in [1.29, 1.82) is 0 Å². The average Bonchev–Trinajstić information content (AvgIpc) is 2.85. The Bertz CT molecular complexity index is 617. The van der Waals surface area contributed by atoms with Crippen LogP contribution in [0.25, 0.3) is 11.0 Å². The van der Waals surface area contributed by atoms with Crippen molar-refractivity contribution in [3.63, 3.8) is 0 Å². The molecule has 108 valence electrons. The van der Waals surface area contributed by atoms with Crippen LogP contribution in [0.4, 0.5) is 13.2 Å². The van der Waals surface area contributed by atoms with Gasteiger partial charge in [-0.3, -0.25) is 0 Å². The number of hydrogen-bond donors (Lipinski definition) is 1. The molecule has 1 aliphatic heterocycles. The van der Waals surface area contributed by atoms with Crippen molar-refractivity contribution in [3.8, 4) is 0 Å². The standard InChI is InChI=1S/C15H16F3NO/c1-9-8-10(4-6-19-9)11-2-3-13(15(16,17)18)12-5-7-20-14(11)12/h2-3,5,7,9-10,19H,4,6,8H2,1H3/t9-,10-/m1/s1. The molecule has 0 spiro atoms. The number of hydrogen-bond acceptors (Lipinski definition) is 2. The molecule has 0 unspecified atom stereocenters. The second kappa shape index (κ2) is 4.81. The molecule has 1 aromatic carbocycles. The molecule has 20 heavy (non-hydrogen) atoms. The van der Waals surface area contributed by atoms with Crippen LogP contribution in [-0.2, 0) is 6.18 Å². The Labute approximate surface area is 115 Å². The van der Waals surface area contributed by atoms with Crippen LogP contribution in [-0.4, -0.2) is 12.6 Å². The first-order chi connectivity index (χ1) is 9.47. The Kier molecular flexibility index (Phi) is 3.24. The smallest absolute Gasteiger partial charge is 0.417 e. The monoisotopic (exact) mass is 283 g/mol. The molecule has 0 bridgehead atoms. The second-order valence-corrected chi connectivity index (χ2v) is 5.44. The maximum Gasteiger partial charge on any atom is 0.417 e. The third-order valence-electron chi connectivity index (χ3n) is 4.02. The fourth-order valence-electron chi connectivity index (χ4n) is 3.07. The summed E-state index contributed by atoms with van der Waals surface area (Å²) in [5, 5.41) is 3.52. The van der Waals surface area contributed by atoms with Crippen molar-refractivity contribution in [3.05, 3.63) is 35.6 Å². The van der Waals surface area contributed by atoms with Gasteiger partial charge in [0.2, 0.25) is 0 Å². The van der Waals surface area contributed by atoms with E-state index >= 15 is 0 Å². The Hall–Kier alpha value is -1.49. The molecule has 0 saturated carbocycles. The first kappa shape index (κ1) is 13.5. The Morgan fingerprint density at radius 1 is 1.25 bits per heavy atom. The molecule has 2 atom stereocenters. The molecule has 1 N–H and O–H groups in total. The zero-order valence-electron chi connectivity index (χ0n) is 11.1. The summed E-state index contributed by atoms with van der Waals surface area (Å²) in [7, 11) is 0. The fraction of sp³-hybridized carbons (Fsp3) is 0.467. The molecule has 5 heteroatoms. The van der Waals surface area contributed by atoms with Gasteiger partial charge in [0, 0.05) is 11.4 Å². The molecule has 2 nitrogen and oxygen atoms in total. The summed E-state index contributed by atoms with van der Waals surface area (Å²) >= 11 is 0. The lowest BCUT2D eigenvalue weighted by atomic mass is 9.85. The third kappa shape index (κ3) is 2.30. The van der Waals surface area contributed by atoms with Crippen molar-refractivity contribution in [1.82, 2.24) is 5.32 Å². The van der Waals surface area contributed by atoms with Crippen LogP contribution in [0, 0.1) is 0 Å². The summed E-state index contributed by atoms with van der Waals surface area (Å²) in [4.78, 5) is 0. The third-order valence-corrected chi connectivity index (χ3v) is 4.02. The molecule has 0 amide bonds. The average molecular weight is 283 g/mol. The summed E-state index contributed by atoms with van der Waals surface area (Å²) in [5.41, 5.74) is 0.664. The molecule has 1 aromatic heterocycles. The Balaban J connectivity index is 2.07. The van der Waals surface area contributed by atoms with Crippen LogP contribution in [0.3, 0.4) is 0 Å². The molecule has 1 aliphatic rings. The number of benzene rings is 1. The maximum absolute atomic E-state index is 13.0. The highest BCUT2D eigenvalue weighted by atomic mass is 19.4. The van der Waals surface area contributed by atoms with Gasteiger partial charge in [-0.05, 0) is 49.9 Å². The topological polar surface area (TPSA) is 25.2 Å². The minimum atomic E-state index is -4.35. The summed E-state index contributed by atoms with van der Waals surface area (Å²) in [6.45, 7) is 2.98. The van der Waals surface area contributed by atoms with Gasteiger partial charge in [0.05, 0.1) is 11.8 Å². The molecule has 0 radical (unpaired) electrons. The van der Waals surface area contributed by atoms with Crippen LogP contribution in [0.15, 0.2) is 28.9 Å². The highest BCUT2D eigenvalue weighted by Gasteiger charge is 2.34. The van der Waals surface area contributed by atoms with Crippen molar-refractivity contribution in [2.24, 2.45) is 0 Å². The van der Waals surface area contributed by atoms with Crippen LogP contribution >= 0.6 is 0 Å². The SMILES string of the molecule is C[C@@H]1C[C@H](c2ccc(C(F)(F)F)c3ccoc23)CCN1. The van der Waals surface area contributed by atoms with Gasteiger partial charge in [-0.2, -0.15) is 13.2 Å². The molecule has 1 saturated heterocycles. The minimum absolute atomic E-state index is 0.168. The van der Waals surface area contributed by atoms with E-state index in [2.05, 4.69) is 12.2 Å². The number of nitrogens with one attached hydrogen (secondary N) is 1. The van der Waals surface area contributed by atoms with Crippen LogP contribution in [0.5, 0.6) is 0 Å². The number of halogens is 3. The maximum atomic E-state index is 13.0. The van der Waals surface area contributed by atoms with Crippen molar-refractivity contribution >= 4 is 11.0 Å². The summed E-state index contributed by atoms with van der Waals surface area (Å²) < 4.78 is 44.3. The lowest BCUT2D eigenvalue weighted by Gasteiger charge is -2.28. The van der Waals surface area contributed by atoms with Gasteiger partial charge in [-0.1, -0.05) is 6.07 Å². The van der Waals surface area contributed by atoms with Gasteiger partial charge in [0.15, 0.2) is 0 Å². The summed E-state index contributed by atoms with van der Waals surface area (Å²) in [5.74, 6) is 0.252. The van der Waals surface area contributed by atoms with Crippen LogP contribution in [0.2, 0.25) is 0 Å². The number of rotatable bonds is 1. The number of alkyl halides is 3. The van der Waals surface area contributed by atoms with E-state index in [-0.39, 0.29) is 11.3 Å². The molecule has 2 aromatic rings. The van der Waals surface area contributed by atoms with Crippen molar-refractivity contribution in [2.45, 2.75) is 37.9 Å². The van der Waals surface area contributed by atoms with E-state index in [0.717, 1.165) is 24.9 Å². The van der Waals surface area contributed by atoms with Gasteiger partial charge < -0.3 is 9.73 Å². The van der Waals surface area contributed by atoms with E-state index in [1.54, 1.807) is 6.07 Å². The number of fused-ring (bicyclic) bond motifs is 1. The Morgan fingerprint density at radius 2 is 2.05 bits per heavy atom. The summed E-state index contributed by atoms with van der Waals surface area (Å²) in [6.07, 6.45) is -1.16. The Morgan fingerprint density at radius 3 is 2.75 bits per heavy atom. The van der Waals surface area contributed by atoms with E-state index in [9.17, 15) is 13.2 Å². The quantitative estimate of drug-likeness (QED) is 0.843. The van der Waals surface area contributed by atoms with E-state index in [4.69, 9.17) is 4.42 Å². The highest BCUT2D eigenvalue weighted by Crippen LogP contribution is 2.40. The molecular weight excluding hydrogens is 267 g/mol. The predicted octanol–water partition coefficient (Wildman–Crippen LogP) is 4.31. The molecule has 3 rings (SSSR count). The number of furan rings is 1. The van der Waals surface area contributed by atoms with Crippen LogP contribution < -0.4 is 5.32 Å². The second-order valence-electron chi connectivity index (χ2n) is 5.44. The van der Waals surface area contributed by atoms with Gasteiger partial charge in [0.25, 0.3) is 0 Å².